The number of rotatable bonds is 4. The largest absolute Gasteiger partial charge is 0.481 e. The number of nitrogens with zero attached hydrogens (tertiary/aromatic N) is 4. The van der Waals surface area contributed by atoms with Crippen LogP contribution in [0.1, 0.15) is 10.4 Å². The minimum Gasteiger partial charge on any atom is -0.481 e. The maximum absolute atomic E-state index is 12.1. The van der Waals surface area contributed by atoms with Crippen molar-refractivity contribution in [2.75, 3.05) is 12.4 Å². The number of anilines is 1. The van der Waals surface area contributed by atoms with Gasteiger partial charge in [-0.1, -0.05) is 12.1 Å². The Bertz CT molecular complexity index is 753. The number of tetrazole rings is 1. The molecule has 0 aliphatic carbocycles. The molecule has 8 heteroatoms. The lowest BCUT2D eigenvalue weighted by Gasteiger charge is -2.06. The summed E-state index contributed by atoms with van der Waals surface area (Å²) < 4.78 is 4.96. The van der Waals surface area contributed by atoms with Crippen molar-refractivity contribution in [3.63, 3.8) is 0 Å². The van der Waals surface area contributed by atoms with Gasteiger partial charge in [0.25, 0.3) is 5.91 Å². The van der Waals surface area contributed by atoms with E-state index < -0.39 is 0 Å². The molecule has 0 atom stereocenters. The SMILES string of the molecule is COc1ccc(NC(=O)c2ccc(-c3nn[nH]n3)cc2)cn1. The van der Waals surface area contributed by atoms with Gasteiger partial charge in [-0.15, -0.1) is 10.2 Å². The van der Waals surface area contributed by atoms with E-state index in [4.69, 9.17) is 4.74 Å². The summed E-state index contributed by atoms with van der Waals surface area (Å²) in [7, 11) is 1.53. The summed E-state index contributed by atoms with van der Waals surface area (Å²) in [6, 6.07) is 10.3. The number of amides is 1. The van der Waals surface area contributed by atoms with Crippen LogP contribution in [0.25, 0.3) is 11.4 Å². The first kappa shape index (κ1) is 13.7. The number of hydrogen-bond donors (Lipinski definition) is 2. The van der Waals surface area contributed by atoms with Gasteiger partial charge >= 0.3 is 0 Å². The number of pyridine rings is 1. The second-order valence-corrected chi connectivity index (χ2v) is 4.36. The molecule has 3 aromatic rings. The molecule has 1 amide bonds. The molecule has 0 spiro atoms. The second-order valence-electron chi connectivity index (χ2n) is 4.36. The van der Waals surface area contributed by atoms with E-state index in [9.17, 15) is 4.79 Å². The molecule has 0 aliphatic rings. The lowest BCUT2D eigenvalue weighted by Crippen LogP contribution is -2.11. The number of hydrogen-bond acceptors (Lipinski definition) is 6. The molecule has 2 aromatic heterocycles. The monoisotopic (exact) mass is 296 g/mol. The number of aromatic nitrogens is 5. The Morgan fingerprint density at radius 2 is 2.00 bits per heavy atom. The minimum absolute atomic E-state index is 0.230. The van der Waals surface area contributed by atoms with Crippen LogP contribution >= 0.6 is 0 Å². The highest BCUT2D eigenvalue weighted by atomic mass is 16.5. The van der Waals surface area contributed by atoms with Crippen LogP contribution in [0.3, 0.4) is 0 Å². The molecular formula is C14H12N6O2. The van der Waals surface area contributed by atoms with Crippen LogP contribution in [0.2, 0.25) is 0 Å². The van der Waals surface area contributed by atoms with Crippen molar-refractivity contribution < 1.29 is 9.53 Å². The van der Waals surface area contributed by atoms with Crippen LogP contribution in [0, 0.1) is 0 Å². The van der Waals surface area contributed by atoms with E-state index in [0.717, 1.165) is 5.56 Å². The Labute approximate surface area is 125 Å². The Kier molecular flexibility index (Phi) is 3.73. The predicted octanol–water partition coefficient (Wildman–Crippen LogP) is 1.52. The van der Waals surface area contributed by atoms with Gasteiger partial charge in [0.05, 0.1) is 19.0 Å². The van der Waals surface area contributed by atoms with Gasteiger partial charge in [0, 0.05) is 17.2 Å². The van der Waals surface area contributed by atoms with Crippen molar-refractivity contribution >= 4 is 11.6 Å². The first-order valence-electron chi connectivity index (χ1n) is 6.41. The fraction of sp³-hybridized carbons (Fsp3) is 0.0714. The number of methoxy groups -OCH3 is 1. The van der Waals surface area contributed by atoms with Crippen LogP contribution in [0.4, 0.5) is 5.69 Å². The normalized spacial score (nSPS) is 10.2. The highest BCUT2D eigenvalue weighted by Gasteiger charge is 2.08. The predicted molar refractivity (Wildman–Crippen MR) is 78.4 cm³/mol. The molecule has 8 nitrogen and oxygen atoms in total. The maximum Gasteiger partial charge on any atom is 0.255 e. The smallest absolute Gasteiger partial charge is 0.255 e. The first-order valence-corrected chi connectivity index (χ1v) is 6.41. The molecule has 3 rings (SSSR count). The summed E-state index contributed by atoms with van der Waals surface area (Å²) in [5.74, 6) is 0.736. The zero-order valence-corrected chi connectivity index (χ0v) is 11.6. The minimum atomic E-state index is -0.230. The van der Waals surface area contributed by atoms with Gasteiger partial charge in [-0.05, 0) is 23.4 Å². The van der Waals surface area contributed by atoms with Gasteiger partial charge in [0.1, 0.15) is 0 Å². The number of aromatic amines is 1. The number of carbonyl (C=O) groups excluding carboxylic acids is 1. The molecule has 0 bridgehead atoms. The lowest BCUT2D eigenvalue weighted by molar-refractivity contribution is 0.102. The van der Waals surface area contributed by atoms with Gasteiger partial charge in [0.2, 0.25) is 11.7 Å². The second kappa shape index (κ2) is 6.00. The molecule has 0 saturated heterocycles. The van der Waals surface area contributed by atoms with Gasteiger partial charge in [-0.2, -0.15) is 5.21 Å². The highest BCUT2D eigenvalue weighted by molar-refractivity contribution is 6.04. The molecule has 1 aromatic carbocycles. The third-order valence-electron chi connectivity index (χ3n) is 2.95. The molecule has 0 aliphatic heterocycles. The zero-order chi connectivity index (χ0) is 15.4. The summed E-state index contributed by atoms with van der Waals surface area (Å²) >= 11 is 0. The summed E-state index contributed by atoms with van der Waals surface area (Å²) in [6.07, 6.45) is 1.53. The van der Waals surface area contributed by atoms with Crippen molar-refractivity contribution in [1.29, 1.82) is 0 Å². The summed E-state index contributed by atoms with van der Waals surface area (Å²) in [5.41, 5.74) is 1.88. The molecule has 0 unspecified atom stereocenters. The number of carbonyl (C=O) groups is 1. The van der Waals surface area contributed by atoms with Crippen LogP contribution in [-0.2, 0) is 0 Å². The van der Waals surface area contributed by atoms with E-state index in [0.29, 0.717) is 23.0 Å². The van der Waals surface area contributed by atoms with E-state index in [1.165, 1.54) is 13.3 Å². The van der Waals surface area contributed by atoms with Gasteiger partial charge in [-0.25, -0.2) is 4.98 Å². The summed E-state index contributed by atoms with van der Waals surface area (Å²) in [5, 5.41) is 16.4. The van der Waals surface area contributed by atoms with E-state index in [1.54, 1.807) is 36.4 Å². The Morgan fingerprint density at radius 3 is 2.59 bits per heavy atom. The fourth-order valence-corrected chi connectivity index (χ4v) is 1.83. The molecular weight excluding hydrogens is 284 g/mol. The van der Waals surface area contributed by atoms with Crippen molar-refractivity contribution in [2.45, 2.75) is 0 Å². The highest BCUT2D eigenvalue weighted by Crippen LogP contribution is 2.16. The quantitative estimate of drug-likeness (QED) is 0.756. The molecule has 0 fully saturated rings. The summed E-state index contributed by atoms with van der Waals surface area (Å²) in [4.78, 5) is 16.2. The van der Waals surface area contributed by atoms with Crippen molar-refractivity contribution in [2.24, 2.45) is 0 Å². The van der Waals surface area contributed by atoms with Gasteiger partial charge < -0.3 is 10.1 Å². The maximum atomic E-state index is 12.1. The lowest BCUT2D eigenvalue weighted by atomic mass is 10.1. The summed E-state index contributed by atoms with van der Waals surface area (Å²) in [6.45, 7) is 0. The zero-order valence-electron chi connectivity index (χ0n) is 11.6. The Balaban J connectivity index is 1.71. The number of H-pyrrole nitrogens is 1. The van der Waals surface area contributed by atoms with Crippen molar-refractivity contribution in [1.82, 2.24) is 25.6 Å². The van der Waals surface area contributed by atoms with Gasteiger partial charge in [0.15, 0.2) is 0 Å². The molecule has 2 N–H and O–H groups in total. The topological polar surface area (TPSA) is 106 Å². The average Bonchev–Trinajstić information content (AvgIpc) is 3.10. The standard InChI is InChI=1S/C14H12N6O2/c1-22-12-7-6-11(8-15-12)16-14(21)10-4-2-9(3-5-10)13-17-19-20-18-13/h2-8H,1H3,(H,16,21)(H,17,18,19,20). The fourth-order valence-electron chi connectivity index (χ4n) is 1.83. The molecule has 110 valence electrons. The van der Waals surface area contributed by atoms with E-state index in [2.05, 4.69) is 30.9 Å². The Morgan fingerprint density at radius 1 is 1.18 bits per heavy atom. The van der Waals surface area contributed by atoms with Crippen LogP contribution in [0.5, 0.6) is 5.88 Å². The molecule has 2 heterocycles. The third kappa shape index (κ3) is 2.90. The molecule has 0 saturated carbocycles. The molecule has 0 radical (unpaired) electrons. The number of ether oxygens (including phenoxy) is 1. The van der Waals surface area contributed by atoms with Crippen LogP contribution < -0.4 is 10.1 Å². The van der Waals surface area contributed by atoms with Crippen molar-refractivity contribution in [3.8, 4) is 17.3 Å². The Hall–Kier alpha value is -3.29. The van der Waals surface area contributed by atoms with Crippen LogP contribution in [-0.4, -0.2) is 38.6 Å². The number of benzene rings is 1. The van der Waals surface area contributed by atoms with E-state index in [1.807, 2.05) is 0 Å². The van der Waals surface area contributed by atoms with E-state index in [-0.39, 0.29) is 5.91 Å². The van der Waals surface area contributed by atoms with Gasteiger partial charge in [-0.3, -0.25) is 4.79 Å². The average molecular weight is 296 g/mol. The first-order chi connectivity index (χ1) is 10.8. The van der Waals surface area contributed by atoms with E-state index >= 15 is 0 Å². The van der Waals surface area contributed by atoms with Crippen LogP contribution in [0.15, 0.2) is 42.6 Å². The van der Waals surface area contributed by atoms with Crippen molar-refractivity contribution in [3.05, 3.63) is 48.2 Å². The third-order valence-corrected chi connectivity index (χ3v) is 2.95. The molecule has 22 heavy (non-hydrogen) atoms. The number of nitrogens with one attached hydrogen (secondary N) is 2.